The molecule has 2 aromatic heterocycles. The number of nitrogens with zero attached hydrogens (tertiary/aromatic N) is 2. The third-order valence-electron chi connectivity index (χ3n) is 3.83. The minimum absolute atomic E-state index is 0.556. The van der Waals surface area contributed by atoms with Crippen LogP contribution in [0.15, 0.2) is 29.1 Å². The van der Waals surface area contributed by atoms with Crippen molar-refractivity contribution >= 4 is 0 Å². The maximum atomic E-state index is 10.9. The molecule has 1 aliphatic carbocycles. The predicted octanol–water partition coefficient (Wildman–Crippen LogP) is 2.26. The van der Waals surface area contributed by atoms with Gasteiger partial charge in [0.2, 0.25) is 0 Å². The van der Waals surface area contributed by atoms with Crippen molar-refractivity contribution in [3.8, 4) is 0 Å². The highest BCUT2D eigenvalue weighted by atomic mass is 16.3. The van der Waals surface area contributed by atoms with Crippen LogP contribution in [0.2, 0.25) is 0 Å². The normalized spacial score (nSPS) is 23.0. The zero-order valence-corrected chi connectivity index (χ0v) is 10.6. The number of aryl methyl sites for hydroxylation is 2. The lowest BCUT2D eigenvalue weighted by Crippen LogP contribution is -2.33. The molecule has 0 fully saturated rings. The number of furan rings is 1. The van der Waals surface area contributed by atoms with Gasteiger partial charge in [-0.1, -0.05) is 0 Å². The Morgan fingerprint density at radius 1 is 1.56 bits per heavy atom. The molecule has 0 bridgehead atoms. The fourth-order valence-electron chi connectivity index (χ4n) is 2.87. The molecule has 2 aromatic rings. The lowest BCUT2D eigenvalue weighted by atomic mass is 9.80. The molecule has 1 N–H and O–H groups in total. The van der Waals surface area contributed by atoms with Crippen LogP contribution in [-0.2, 0) is 25.0 Å². The molecule has 4 nitrogen and oxygen atoms in total. The third kappa shape index (κ3) is 1.77. The van der Waals surface area contributed by atoms with Crippen LogP contribution >= 0.6 is 0 Å². The van der Waals surface area contributed by atoms with Crippen molar-refractivity contribution in [3.05, 3.63) is 41.9 Å². The van der Waals surface area contributed by atoms with E-state index in [2.05, 4.69) is 16.5 Å². The van der Waals surface area contributed by atoms with E-state index in [4.69, 9.17) is 4.42 Å². The van der Waals surface area contributed by atoms with Gasteiger partial charge in [-0.25, -0.2) is 4.98 Å². The number of hydrogen-bond donors (Lipinski definition) is 1. The van der Waals surface area contributed by atoms with Gasteiger partial charge in [-0.05, 0) is 25.8 Å². The van der Waals surface area contributed by atoms with E-state index in [1.165, 1.54) is 0 Å². The van der Waals surface area contributed by atoms with Gasteiger partial charge in [0.15, 0.2) is 0 Å². The van der Waals surface area contributed by atoms with Crippen molar-refractivity contribution < 1.29 is 9.52 Å². The van der Waals surface area contributed by atoms with Gasteiger partial charge in [-0.15, -0.1) is 0 Å². The van der Waals surface area contributed by atoms with Gasteiger partial charge in [0.25, 0.3) is 0 Å². The Bertz CT molecular complexity index is 543. The Morgan fingerprint density at radius 2 is 2.44 bits per heavy atom. The summed E-state index contributed by atoms with van der Waals surface area (Å²) in [4.78, 5) is 4.36. The summed E-state index contributed by atoms with van der Waals surface area (Å²) in [5.74, 6) is 1.87. The Kier molecular flexibility index (Phi) is 2.74. The molecule has 0 amide bonds. The monoisotopic (exact) mass is 246 g/mol. The van der Waals surface area contributed by atoms with Crippen LogP contribution in [0, 0.1) is 0 Å². The first-order valence-electron chi connectivity index (χ1n) is 6.52. The molecule has 2 heterocycles. The fraction of sp³-hybridized carbons (Fsp3) is 0.500. The van der Waals surface area contributed by atoms with Crippen molar-refractivity contribution in [3.63, 3.8) is 0 Å². The summed E-state index contributed by atoms with van der Waals surface area (Å²) in [6.45, 7) is 2.96. The Labute approximate surface area is 106 Å². The molecule has 0 saturated heterocycles. The molecule has 1 atom stereocenters. The van der Waals surface area contributed by atoms with Crippen molar-refractivity contribution in [2.45, 2.75) is 44.8 Å². The molecule has 0 aliphatic heterocycles. The maximum Gasteiger partial charge on any atom is 0.111 e. The average molecular weight is 246 g/mol. The third-order valence-corrected chi connectivity index (χ3v) is 3.83. The van der Waals surface area contributed by atoms with E-state index in [1.807, 2.05) is 12.3 Å². The Hall–Kier alpha value is -1.55. The van der Waals surface area contributed by atoms with Crippen molar-refractivity contribution in [1.29, 1.82) is 0 Å². The highest BCUT2D eigenvalue weighted by molar-refractivity contribution is 5.28. The van der Waals surface area contributed by atoms with Crippen LogP contribution < -0.4 is 0 Å². The standard InChI is InChI=1S/C14H18N2O2/c1-2-16-8-7-15-13(16)10-14(17)6-3-4-12-11(14)5-9-18-12/h5,7-9,17H,2-4,6,10H2,1H3. The van der Waals surface area contributed by atoms with Gasteiger partial charge in [-0.2, -0.15) is 0 Å². The number of aromatic nitrogens is 2. The van der Waals surface area contributed by atoms with E-state index < -0.39 is 5.60 Å². The Balaban J connectivity index is 1.93. The lowest BCUT2D eigenvalue weighted by molar-refractivity contribution is 0.0142. The summed E-state index contributed by atoms with van der Waals surface area (Å²) in [6, 6.07) is 1.90. The van der Waals surface area contributed by atoms with Crippen molar-refractivity contribution in [2.24, 2.45) is 0 Å². The highest BCUT2D eigenvalue weighted by Crippen LogP contribution is 2.38. The van der Waals surface area contributed by atoms with Gasteiger partial charge in [0.1, 0.15) is 17.2 Å². The van der Waals surface area contributed by atoms with E-state index >= 15 is 0 Å². The Morgan fingerprint density at radius 3 is 3.28 bits per heavy atom. The van der Waals surface area contributed by atoms with E-state index in [9.17, 15) is 5.11 Å². The minimum atomic E-state index is -0.821. The summed E-state index contributed by atoms with van der Waals surface area (Å²) < 4.78 is 7.52. The van der Waals surface area contributed by atoms with Crippen LogP contribution in [0.1, 0.15) is 36.9 Å². The second kappa shape index (κ2) is 4.28. The second-order valence-corrected chi connectivity index (χ2v) is 4.95. The molecule has 1 aliphatic rings. The zero-order valence-electron chi connectivity index (χ0n) is 10.6. The van der Waals surface area contributed by atoms with Crippen LogP contribution in [0.25, 0.3) is 0 Å². The van der Waals surface area contributed by atoms with Gasteiger partial charge >= 0.3 is 0 Å². The number of hydrogen-bond acceptors (Lipinski definition) is 3. The summed E-state index contributed by atoms with van der Waals surface area (Å²) in [7, 11) is 0. The molecular formula is C14H18N2O2. The van der Waals surface area contributed by atoms with Crippen LogP contribution in [-0.4, -0.2) is 14.7 Å². The topological polar surface area (TPSA) is 51.2 Å². The van der Waals surface area contributed by atoms with Crippen molar-refractivity contribution in [2.75, 3.05) is 0 Å². The molecule has 0 spiro atoms. The predicted molar refractivity (Wildman–Crippen MR) is 67.1 cm³/mol. The molecule has 96 valence electrons. The molecule has 0 aromatic carbocycles. The number of rotatable bonds is 3. The summed E-state index contributed by atoms with van der Waals surface area (Å²) >= 11 is 0. The molecule has 0 radical (unpaired) electrons. The summed E-state index contributed by atoms with van der Waals surface area (Å²) in [6.07, 6.45) is 8.64. The quantitative estimate of drug-likeness (QED) is 0.903. The van der Waals surface area contributed by atoms with E-state index in [0.717, 1.165) is 43.0 Å². The zero-order chi connectivity index (χ0) is 12.6. The van der Waals surface area contributed by atoms with Gasteiger partial charge in [0, 0.05) is 37.3 Å². The summed E-state index contributed by atoms with van der Waals surface area (Å²) in [5.41, 5.74) is 0.123. The lowest BCUT2D eigenvalue weighted by Gasteiger charge is -2.31. The molecule has 4 heteroatoms. The van der Waals surface area contributed by atoms with Crippen LogP contribution in [0.4, 0.5) is 0 Å². The van der Waals surface area contributed by atoms with Gasteiger partial charge < -0.3 is 14.1 Å². The first kappa shape index (κ1) is 11.5. The molecule has 18 heavy (non-hydrogen) atoms. The molecule has 3 rings (SSSR count). The molecule has 0 saturated carbocycles. The largest absolute Gasteiger partial charge is 0.469 e. The van der Waals surface area contributed by atoms with Crippen LogP contribution in [0.5, 0.6) is 0 Å². The number of imidazole rings is 1. The van der Waals surface area contributed by atoms with Gasteiger partial charge in [-0.3, -0.25) is 0 Å². The first-order chi connectivity index (χ1) is 8.73. The molecule has 1 unspecified atom stereocenters. The van der Waals surface area contributed by atoms with E-state index in [0.29, 0.717) is 6.42 Å². The SMILES string of the molecule is CCn1ccnc1CC1(O)CCCc2occc21. The van der Waals surface area contributed by atoms with Gasteiger partial charge in [0.05, 0.1) is 6.26 Å². The van der Waals surface area contributed by atoms with Crippen LogP contribution in [0.3, 0.4) is 0 Å². The number of fused-ring (bicyclic) bond motifs is 1. The first-order valence-corrected chi connectivity index (χ1v) is 6.52. The minimum Gasteiger partial charge on any atom is -0.469 e. The fourth-order valence-corrected chi connectivity index (χ4v) is 2.87. The average Bonchev–Trinajstić information content (AvgIpc) is 2.98. The smallest absolute Gasteiger partial charge is 0.111 e. The van der Waals surface area contributed by atoms with E-state index in [1.54, 1.807) is 12.5 Å². The van der Waals surface area contributed by atoms with E-state index in [-0.39, 0.29) is 0 Å². The highest BCUT2D eigenvalue weighted by Gasteiger charge is 2.37. The molecular weight excluding hydrogens is 228 g/mol. The maximum absolute atomic E-state index is 10.9. The van der Waals surface area contributed by atoms with Crippen molar-refractivity contribution in [1.82, 2.24) is 9.55 Å². The second-order valence-electron chi connectivity index (χ2n) is 4.95. The summed E-state index contributed by atoms with van der Waals surface area (Å²) in [5, 5.41) is 10.9. The number of aliphatic hydroxyl groups is 1.